The largest absolute Gasteiger partial charge is 0.378 e. The quantitative estimate of drug-likeness (QED) is 0.864. The summed E-state index contributed by atoms with van der Waals surface area (Å²) in [4.78, 5) is 9.06. The van der Waals surface area contributed by atoms with Crippen molar-refractivity contribution in [1.29, 1.82) is 0 Å². The van der Waals surface area contributed by atoms with Crippen molar-refractivity contribution in [3.8, 4) is 0 Å². The summed E-state index contributed by atoms with van der Waals surface area (Å²) in [5.41, 5.74) is 0.986. The van der Waals surface area contributed by atoms with E-state index in [-0.39, 0.29) is 0 Å². The highest BCUT2D eigenvalue weighted by Gasteiger charge is 2.28. The lowest BCUT2D eigenvalue weighted by atomic mass is 10.3. The number of halogens is 1. The van der Waals surface area contributed by atoms with Gasteiger partial charge in [-0.25, -0.2) is 9.97 Å². The first-order valence-electron chi connectivity index (χ1n) is 4.99. The Morgan fingerprint density at radius 2 is 2.20 bits per heavy atom. The summed E-state index contributed by atoms with van der Waals surface area (Å²) in [5.74, 6) is 2.45. The first-order valence-corrected chi connectivity index (χ1v) is 6.07. The van der Waals surface area contributed by atoms with Crippen molar-refractivity contribution < 1.29 is 4.74 Å². The Kier molecular flexibility index (Phi) is 3.40. The molecule has 1 heterocycles. The van der Waals surface area contributed by atoms with Crippen LogP contribution in [0.4, 0.5) is 5.82 Å². The van der Waals surface area contributed by atoms with E-state index in [4.69, 9.17) is 4.74 Å². The zero-order chi connectivity index (χ0) is 10.8. The van der Waals surface area contributed by atoms with Gasteiger partial charge in [0.25, 0.3) is 0 Å². The molecule has 0 bridgehead atoms. The number of methoxy groups -OCH3 is 1. The standard InChI is InChI=1S/C10H14IN3O/c1-12-10-8(11)7(5-15-2)13-9(14-10)6-3-4-6/h6H,3-5H2,1-2H3,(H,12,13,14). The van der Waals surface area contributed by atoms with E-state index in [0.717, 1.165) is 20.9 Å². The third-order valence-corrected chi connectivity index (χ3v) is 3.53. The first kappa shape index (κ1) is 11.1. The van der Waals surface area contributed by atoms with Gasteiger partial charge in [-0.1, -0.05) is 0 Å². The molecule has 0 atom stereocenters. The Morgan fingerprint density at radius 3 is 2.73 bits per heavy atom. The van der Waals surface area contributed by atoms with Gasteiger partial charge in [-0.3, -0.25) is 0 Å². The summed E-state index contributed by atoms with van der Waals surface area (Å²) < 4.78 is 6.20. The maximum Gasteiger partial charge on any atom is 0.143 e. The normalized spacial score (nSPS) is 15.4. The van der Waals surface area contributed by atoms with Crippen LogP contribution in [0.2, 0.25) is 0 Å². The fourth-order valence-corrected chi connectivity index (χ4v) is 2.10. The summed E-state index contributed by atoms with van der Waals surface area (Å²) in [6.07, 6.45) is 2.44. The smallest absolute Gasteiger partial charge is 0.143 e. The van der Waals surface area contributed by atoms with Gasteiger partial charge in [0.05, 0.1) is 15.9 Å². The number of hydrogen-bond acceptors (Lipinski definition) is 4. The Labute approximate surface area is 103 Å². The van der Waals surface area contributed by atoms with Crippen LogP contribution in [-0.4, -0.2) is 24.1 Å². The summed E-state index contributed by atoms with van der Waals surface area (Å²) in [5, 5.41) is 3.10. The lowest BCUT2D eigenvalue weighted by Crippen LogP contribution is -2.07. The number of nitrogens with zero attached hydrogens (tertiary/aromatic N) is 2. The second-order valence-electron chi connectivity index (χ2n) is 3.65. The molecule has 0 spiro atoms. The lowest BCUT2D eigenvalue weighted by molar-refractivity contribution is 0.180. The topological polar surface area (TPSA) is 47.0 Å². The highest BCUT2D eigenvalue weighted by molar-refractivity contribution is 14.1. The monoisotopic (exact) mass is 319 g/mol. The van der Waals surface area contributed by atoms with Gasteiger partial charge in [-0.2, -0.15) is 0 Å². The van der Waals surface area contributed by atoms with Crippen molar-refractivity contribution in [2.24, 2.45) is 0 Å². The Balaban J connectivity index is 2.37. The van der Waals surface area contributed by atoms with Gasteiger partial charge < -0.3 is 10.1 Å². The molecule has 0 unspecified atom stereocenters. The minimum absolute atomic E-state index is 0.551. The van der Waals surface area contributed by atoms with Crippen LogP contribution in [0, 0.1) is 3.57 Å². The van der Waals surface area contributed by atoms with Crippen LogP contribution in [0.3, 0.4) is 0 Å². The molecule has 0 amide bonds. The van der Waals surface area contributed by atoms with Crippen molar-refractivity contribution in [2.45, 2.75) is 25.4 Å². The third-order valence-electron chi connectivity index (χ3n) is 2.40. The van der Waals surface area contributed by atoms with E-state index in [1.807, 2.05) is 7.05 Å². The van der Waals surface area contributed by atoms with Crippen LogP contribution >= 0.6 is 22.6 Å². The van der Waals surface area contributed by atoms with Crippen molar-refractivity contribution in [3.63, 3.8) is 0 Å². The van der Waals surface area contributed by atoms with Crippen LogP contribution in [0.1, 0.15) is 30.3 Å². The van der Waals surface area contributed by atoms with Gasteiger partial charge in [0, 0.05) is 20.1 Å². The average Bonchev–Trinajstić information content (AvgIpc) is 3.05. The number of nitrogens with one attached hydrogen (secondary N) is 1. The van der Waals surface area contributed by atoms with Crippen LogP contribution in [0.5, 0.6) is 0 Å². The van der Waals surface area contributed by atoms with Gasteiger partial charge in [-0.05, 0) is 35.4 Å². The van der Waals surface area contributed by atoms with Crippen LogP contribution < -0.4 is 5.32 Å². The van der Waals surface area contributed by atoms with Crippen LogP contribution in [-0.2, 0) is 11.3 Å². The SMILES string of the molecule is CNc1nc(C2CC2)nc(COC)c1I. The first-order chi connectivity index (χ1) is 7.26. The minimum Gasteiger partial charge on any atom is -0.378 e. The molecule has 0 aliphatic heterocycles. The molecule has 1 saturated carbocycles. The second-order valence-corrected chi connectivity index (χ2v) is 4.73. The van der Waals surface area contributed by atoms with Crippen molar-refractivity contribution in [3.05, 3.63) is 15.1 Å². The number of anilines is 1. The zero-order valence-corrected chi connectivity index (χ0v) is 11.0. The number of aromatic nitrogens is 2. The predicted octanol–water partition coefficient (Wildman–Crippen LogP) is 2.15. The molecule has 1 aliphatic rings. The fraction of sp³-hybridized carbons (Fsp3) is 0.600. The highest BCUT2D eigenvalue weighted by Crippen LogP contribution is 2.39. The van der Waals surface area contributed by atoms with Crippen LogP contribution in [0.15, 0.2) is 0 Å². The Hall–Kier alpha value is -0.430. The molecule has 1 fully saturated rings. The van der Waals surface area contributed by atoms with E-state index < -0.39 is 0 Å². The molecule has 82 valence electrons. The minimum atomic E-state index is 0.551. The number of ether oxygens (including phenoxy) is 1. The molecule has 5 heteroatoms. The summed E-state index contributed by atoms with van der Waals surface area (Å²) in [6.45, 7) is 0.551. The third kappa shape index (κ3) is 2.39. The molecule has 15 heavy (non-hydrogen) atoms. The molecule has 0 saturated heterocycles. The maximum atomic E-state index is 5.14. The molecule has 0 aromatic carbocycles. The van der Waals surface area contributed by atoms with E-state index in [1.165, 1.54) is 12.8 Å². The van der Waals surface area contributed by atoms with Crippen LogP contribution in [0.25, 0.3) is 0 Å². The zero-order valence-electron chi connectivity index (χ0n) is 8.88. The second kappa shape index (κ2) is 4.61. The summed E-state index contributed by atoms with van der Waals surface area (Å²) in [6, 6.07) is 0. The van der Waals surface area contributed by atoms with E-state index >= 15 is 0 Å². The molecular weight excluding hydrogens is 305 g/mol. The Morgan fingerprint density at radius 1 is 1.47 bits per heavy atom. The molecule has 1 aromatic heterocycles. The predicted molar refractivity (Wildman–Crippen MR) is 67.0 cm³/mol. The molecule has 0 radical (unpaired) electrons. The van der Waals surface area contributed by atoms with Crippen molar-refractivity contribution in [2.75, 3.05) is 19.5 Å². The average molecular weight is 319 g/mol. The molecule has 1 N–H and O–H groups in total. The number of rotatable bonds is 4. The highest BCUT2D eigenvalue weighted by atomic mass is 127. The lowest BCUT2D eigenvalue weighted by Gasteiger charge is -2.10. The van der Waals surface area contributed by atoms with E-state index in [9.17, 15) is 0 Å². The molecule has 1 aliphatic carbocycles. The number of hydrogen-bond donors (Lipinski definition) is 1. The van der Waals surface area contributed by atoms with E-state index in [1.54, 1.807) is 7.11 Å². The van der Waals surface area contributed by atoms with E-state index in [0.29, 0.717) is 12.5 Å². The van der Waals surface area contributed by atoms with Gasteiger partial charge in [0.1, 0.15) is 11.6 Å². The molecule has 4 nitrogen and oxygen atoms in total. The molecule has 1 aromatic rings. The molecule has 2 rings (SSSR count). The fourth-order valence-electron chi connectivity index (χ4n) is 1.43. The van der Waals surface area contributed by atoms with Gasteiger partial charge in [0.2, 0.25) is 0 Å². The van der Waals surface area contributed by atoms with E-state index in [2.05, 4.69) is 37.9 Å². The van der Waals surface area contributed by atoms with Crippen molar-refractivity contribution in [1.82, 2.24) is 9.97 Å². The summed E-state index contributed by atoms with van der Waals surface area (Å²) in [7, 11) is 3.58. The van der Waals surface area contributed by atoms with Gasteiger partial charge >= 0.3 is 0 Å². The molecular formula is C10H14IN3O. The van der Waals surface area contributed by atoms with Crippen molar-refractivity contribution >= 4 is 28.4 Å². The summed E-state index contributed by atoms with van der Waals surface area (Å²) >= 11 is 2.26. The Bertz CT molecular complexity index is 366. The maximum absolute atomic E-state index is 5.14. The van der Waals surface area contributed by atoms with Gasteiger partial charge in [-0.15, -0.1) is 0 Å². The van der Waals surface area contributed by atoms with Gasteiger partial charge in [0.15, 0.2) is 0 Å².